The predicted molar refractivity (Wildman–Crippen MR) is 112 cm³/mol. The van der Waals surface area contributed by atoms with E-state index < -0.39 is 17.1 Å². The zero-order valence-electron chi connectivity index (χ0n) is 16.4. The van der Waals surface area contributed by atoms with Gasteiger partial charge in [-0.25, -0.2) is 14.0 Å². The van der Waals surface area contributed by atoms with Crippen LogP contribution in [0.3, 0.4) is 0 Å². The topological polar surface area (TPSA) is 93.1 Å². The van der Waals surface area contributed by atoms with Crippen molar-refractivity contribution in [1.29, 1.82) is 0 Å². The first-order chi connectivity index (χ1) is 15.0. The van der Waals surface area contributed by atoms with Crippen molar-refractivity contribution >= 4 is 21.9 Å². The lowest BCUT2D eigenvalue weighted by Crippen LogP contribution is -2.35. The van der Waals surface area contributed by atoms with Crippen molar-refractivity contribution in [2.45, 2.75) is 6.54 Å². The largest absolute Gasteiger partial charge is 0.507 e. The summed E-state index contributed by atoms with van der Waals surface area (Å²) in [6, 6.07) is 9.63. The number of rotatable bonds is 3. The van der Waals surface area contributed by atoms with Crippen LogP contribution in [0.1, 0.15) is 5.56 Å². The lowest BCUT2D eigenvalue weighted by Gasteiger charge is -2.27. The van der Waals surface area contributed by atoms with Gasteiger partial charge in [0.05, 0.1) is 24.3 Å². The van der Waals surface area contributed by atoms with Crippen LogP contribution < -0.4 is 11.3 Å². The summed E-state index contributed by atoms with van der Waals surface area (Å²) in [7, 11) is 0. The van der Waals surface area contributed by atoms with Crippen molar-refractivity contribution in [3.05, 3.63) is 74.7 Å². The molecule has 0 spiro atoms. The van der Waals surface area contributed by atoms with E-state index in [1.807, 2.05) is 0 Å². The average Bonchev–Trinajstić information content (AvgIpc) is 2.76. The normalized spacial score (nSPS) is 15.0. The van der Waals surface area contributed by atoms with Gasteiger partial charge in [-0.05, 0) is 36.4 Å². The minimum Gasteiger partial charge on any atom is -0.507 e. The molecule has 1 N–H and O–H groups in total. The van der Waals surface area contributed by atoms with Crippen LogP contribution >= 0.6 is 0 Å². The molecule has 0 saturated carbocycles. The lowest BCUT2D eigenvalue weighted by molar-refractivity contribution is 0.0339. The van der Waals surface area contributed by atoms with E-state index in [1.165, 1.54) is 36.4 Å². The van der Waals surface area contributed by atoms with Gasteiger partial charge in [0.25, 0.3) is 0 Å². The van der Waals surface area contributed by atoms with Crippen LogP contribution in [0.15, 0.2) is 60.9 Å². The van der Waals surface area contributed by atoms with Gasteiger partial charge in [0, 0.05) is 42.0 Å². The first-order valence-corrected chi connectivity index (χ1v) is 9.82. The van der Waals surface area contributed by atoms with Crippen LogP contribution in [0.5, 0.6) is 5.75 Å². The van der Waals surface area contributed by atoms with Crippen LogP contribution in [0.4, 0.5) is 4.39 Å². The molecule has 3 heterocycles. The van der Waals surface area contributed by atoms with Gasteiger partial charge in [-0.1, -0.05) is 0 Å². The molecule has 8 heteroatoms. The third-order valence-corrected chi connectivity index (χ3v) is 5.46. The Morgan fingerprint density at radius 1 is 0.968 bits per heavy atom. The Balaban J connectivity index is 1.72. The predicted octanol–water partition coefficient (Wildman–Crippen LogP) is 3.24. The number of ether oxygens (including phenoxy) is 1. The standard InChI is InChI=1S/C23H18FNO6/c24-14-1-4-20-13(9-14)10-17(23(28)30-20)16-11-21(27)31-22-15(16)2-3-19(26)18(22)12-25-5-7-29-8-6-25/h1-4,9-11,26H,5-8,12H2. The Labute approximate surface area is 174 Å². The number of nitrogens with zero attached hydrogens (tertiary/aromatic N) is 1. The average molecular weight is 423 g/mol. The monoisotopic (exact) mass is 423 g/mol. The molecular weight excluding hydrogens is 405 g/mol. The summed E-state index contributed by atoms with van der Waals surface area (Å²) in [5, 5.41) is 11.3. The second-order valence-corrected chi connectivity index (χ2v) is 7.44. The van der Waals surface area contributed by atoms with Gasteiger partial charge in [0.2, 0.25) is 0 Å². The molecule has 0 bridgehead atoms. The maximum atomic E-state index is 13.7. The Kier molecular flexibility index (Phi) is 4.80. The lowest BCUT2D eigenvalue weighted by atomic mass is 9.99. The van der Waals surface area contributed by atoms with Gasteiger partial charge in [0.15, 0.2) is 0 Å². The van der Waals surface area contributed by atoms with Crippen LogP contribution in [0, 0.1) is 5.82 Å². The molecule has 5 rings (SSSR count). The van der Waals surface area contributed by atoms with E-state index in [1.54, 1.807) is 6.07 Å². The molecular formula is C23H18FNO6. The third kappa shape index (κ3) is 3.60. The molecule has 0 atom stereocenters. The molecule has 0 aliphatic carbocycles. The molecule has 4 aromatic rings. The molecule has 0 amide bonds. The number of benzene rings is 2. The second-order valence-electron chi connectivity index (χ2n) is 7.44. The van der Waals surface area contributed by atoms with Crippen molar-refractivity contribution in [2.75, 3.05) is 26.3 Å². The molecule has 0 radical (unpaired) electrons. The molecule has 158 valence electrons. The van der Waals surface area contributed by atoms with Crippen molar-refractivity contribution in [1.82, 2.24) is 4.90 Å². The summed E-state index contributed by atoms with van der Waals surface area (Å²) in [4.78, 5) is 27.1. The Morgan fingerprint density at radius 2 is 1.77 bits per heavy atom. The van der Waals surface area contributed by atoms with E-state index in [2.05, 4.69) is 4.90 Å². The smallest absolute Gasteiger partial charge is 0.344 e. The van der Waals surface area contributed by atoms with Gasteiger partial charge in [-0.3, -0.25) is 4.90 Å². The van der Waals surface area contributed by atoms with E-state index in [0.717, 1.165) is 0 Å². The maximum Gasteiger partial charge on any atom is 0.344 e. The van der Waals surface area contributed by atoms with E-state index in [-0.39, 0.29) is 22.5 Å². The first-order valence-electron chi connectivity index (χ1n) is 9.82. The van der Waals surface area contributed by atoms with Crippen LogP contribution in [-0.2, 0) is 11.3 Å². The van der Waals surface area contributed by atoms with Gasteiger partial charge < -0.3 is 18.7 Å². The fourth-order valence-corrected chi connectivity index (χ4v) is 3.91. The van der Waals surface area contributed by atoms with E-state index in [4.69, 9.17) is 13.6 Å². The number of fused-ring (bicyclic) bond motifs is 2. The fraction of sp³-hybridized carbons (Fsp3) is 0.217. The molecule has 2 aromatic carbocycles. The molecule has 7 nitrogen and oxygen atoms in total. The summed E-state index contributed by atoms with van der Waals surface area (Å²) in [6.07, 6.45) is 0. The molecule has 0 unspecified atom stereocenters. The Bertz CT molecular complexity index is 1420. The Morgan fingerprint density at radius 3 is 2.58 bits per heavy atom. The van der Waals surface area contributed by atoms with Crippen LogP contribution in [0.25, 0.3) is 33.1 Å². The fourth-order valence-electron chi connectivity index (χ4n) is 3.91. The minimum atomic E-state index is -0.671. The summed E-state index contributed by atoms with van der Waals surface area (Å²) >= 11 is 0. The molecule has 2 aromatic heterocycles. The SMILES string of the molecule is O=c1cc(-c2cc3cc(F)ccc3oc2=O)c2ccc(O)c(CN3CCOCC3)c2o1. The van der Waals surface area contributed by atoms with Crippen molar-refractivity contribution in [3.63, 3.8) is 0 Å². The number of phenols is 1. The van der Waals surface area contributed by atoms with E-state index in [9.17, 15) is 19.1 Å². The van der Waals surface area contributed by atoms with Crippen LogP contribution in [0.2, 0.25) is 0 Å². The Hall–Kier alpha value is -3.49. The molecule has 1 saturated heterocycles. The number of phenolic OH excluding ortho intramolecular Hbond substituents is 1. The quantitative estimate of drug-likeness (QED) is 0.506. The summed E-state index contributed by atoms with van der Waals surface area (Å²) in [6.45, 7) is 2.88. The number of hydrogen-bond donors (Lipinski definition) is 1. The number of halogens is 1. The highest BCUT2D eigenvalue weighted by Crippen LogP contribution is 2.34. The highest BCUT2D eigenvalue weighted by atomic mass is 19.1. The second kappa shape index (κ2) is 7.64. The number of aromatic hydroxyl groups is 1. The zero-order valence-corrected chi connectivity index (χ0v) is 16.4. The summed E-state index contributed by atoms with van der Waals surface area (Å²) < 4.78 is 29.8. The molecule has 31 heavy (non-hydrogen) atoms. The van der Waals surface area contributed by atoms with Gasteiger partial charge >= 0.3 is 11.3 Å². The number of hydrogen-bond acceptors (Lipinski definition) is 7. The van der Waals surface area contributed by atoms with Crippen molar-refractivity contribution < 1.29 is 23.1 Å². The van der Waals surface area contributed by atoms with Crippen LogP contribution in [-0.4, -0.2) is 36.3 Å². The summed E-state index contributed by atoms with van der Waals surface area (Å²) in [5.41, 5.74) is -0.0207. The molecule has 1 aliphatic heterocycles. The first kappa shape index (κ1) is 19.5. The summed E-state index contributed by atoms with van der Waals surface area (Å²) in [5.74, 6) is -0.477. The van der Waals surface area contributed by atoms with Gasteiger partial charge in [0.1, 0.15) is 22.7 Å². The molecule has 1 fully saturated rings. The highest BCUT2D eigenvalue weighted by Gasteiger charge is 2.20. The minimum absolute atomic E-state index is 0.00749. The number of morpholine rings is 1. The van der Waals surface area contributed by atoms with E-state index in [0.29, 0.717) is 54.7 Å². The zero-order chi connectivity index (χ0) is 21.5. The highest BCUT2D eigenvalue weighted by molar-refractivity contribution is 5.97. The molecule has 1 aliphatic rings. The van der Waals surface area contributed by atoms with E-state index >= 15 is 0 Å². The third-order valence-electron chi connectivity index (χ3n) is 5.46. The van der Waals surface area contributed by atoms with Gasteiger partial charge in [-0.15, -0.1) is 0 Å². The maximum absolute atomic E-state index is 13.7. The van der Waals surface area contributed by atoms with Gasteiger partial charge in [-0.2, -0.15) is 0 Å². The van der Waals surface area contributed by atoms with Crippen molar-refractivity contribution in [3.8, 4) is 16.9 Å². The van der Waals surface area contributed by atoms with Crippen molar-refractivity contribution in [2.24, 2.45) is 0 Å².